The van der Waals surface area contributed by atoms with Crippen molar-refractivity contribution < 1.29 is 23.1 Å². The van der Waals surface area contributed by atoms with Crippen LogP contribution in [0.3, 0.4) is 0 Å². The van der Waals surface area contributed by atoms with E-state index in [1.54, 1.807) is 4.80 Å². The molecule has 1 aliphatic heterocycles. The van der Waals surface area contributed by atoms with E-state index in [0.717, 1.165) is 32.5 Å². The van der Waals surface area contributed by atoms with Gasteiger partial charge in [0.25, 0.3) is 5.95 Å². The summed E-state index contributed by atoms with van der Waals surface area (Å²) in [4.78, 5) is 13.0. The quantitative estimate of drug-likeness (QED) is 0.794. The van der Waals surface area contributed by atoms with Crippen molar-refractivity contribution in [3.63, 3.8) is 0 Å². The van der Waals surface area contributed by atoms with Gasteiger partial charge in [-0.15, -0.1) is 5.10 Å². The summed E-state index contributed by atoms with van der Waals surface area (Å²) in [5, 5.41) is 22.8. The number of aliphatic carboxylic acids is 1. The van der Waals surface area contributed by atoms with Crippen LogP contribution in [0.2, 0.25) is 0 Å². The molecule has 0 saturated carbocycles. The van der Waals surface area contributed by atoms with Gasteiger partial charge >= 0.3 is 12.1 Å². The number of carbonyl (C=O) groups is 1. The summed E-state index contributed by atoms with van der Waals surface area (Å²) in [5.74, 6) is -2.11. The first-order chi connectivity index (χ1) is 13.6. The molecule has 11 heteroatoms. The number of nitrogens with one attached hydrogen (secondary N) is 1. The molecule has 2 N–H and O–H groups in total. The lowest BCUT2D eigenvalue weighted by molar-refractivity contribution is -0.192. The number of rotatable bonds is 4. The van der Waals surface area contributed by atoms with Gasteiger partial charge in [-0.25, -0.2) is 4.79 Å². The van der Waals surface area contributed by atoms with Crippen LogP contribution in [0.1, 0.15) is 30.9 Å². The third-order valence-corrected chi connectivity index (χ3v) is 4.38. The summed E-state index contributed by atoms with van der Waals surface area (Å²) in [7, 11) is 0. The molecular formula is C18H25F3N6O2. The molecule has 1 aromatic carbocycles. The molecule has 1 aromatic heterocycles. The normalized spacial score (nSPS) is 14.9. The van der Waals surface area contributed by atoms with Crippen molar-refractivity contribution in [2.24, 2.45) is 0 Å². The maximum atomic E-state index is 10.6. The van der Waals surface area contributed by atoms with Crippen molar-refractivity contribution in [3.8, 4) is 0 Å². The van der Waals surface area contributed by atoms with E-state index < -0.39 is 12.1 Å². The minimum atomic E-state index is -5.08. The van der Waals surface area contributed by atoms with Gasteiger partial charge in [0.2, 0.25) is 0 Å². The van der Waals surface area contributed by atoms with Crippen LogP contribution in [0.25, 0.3) is 0 Å². The molecule has 160 valence electrons. The average Bonchev–Trinajstić information content (AvgIpc) is 3.09. The number of piperidine rings is 1. The molecule has 0 bridgehead atoms. The van der Waals surface area contributed by atoms with Gasteiger partial charge in [-0.3, -0.25) is 0 Å². The van der Waals surface area contributed by atoms with Crippen LogP contribution in [-0.4, -0.2) is 56.6 Å². The van der Waals surface area contributed by atoms with E-state index in [9.17, 15) is 13.2 Å². The molecule has 1 saturated heterocycles. The van der Waals surface area contributed by atoms with Crippen LogP contribution < -0.4 is 10.2 Å². The highest BCUT2D eigenvalue weighted by atomic mass is 19.4. The van der Waals surface area contributed by atoms with Crippen molar-refractivity contribution in [1.82, 2.24) is 20.2 Å². The number of aryl methyl sites for hydroxylation is 3. The summed E-state index contributed by atoms with van der Waals surface area (Å²) < 4.78 is 31.7. The molecule has 0 radical (unpaired) electrons. The third-order valence-electron chi connectivity index (χ3n) is 4.38. The number of carboxylic acid groups (broad SMARTS) is 1. The van der Waals surface area contributed by atoms with Gasteiger partial charge in [0.15, 0.2) is 0 Å². The number of benzene rings is 1. The van der Waals surface area contributed by atoms with Crippen molar-refractivity contribution in [2.45, 2.75) is 52.4 Å². The van der Waals surface area contributed by atoms with Crippen LogP contribution in [0, 0.1) is 13.8 Å². The standard InChI is InChI=1S/C16H24N6.C2HF3O2/c1-4-22-19-16(18-20-22)17-14-5-7-21(8-6-14)15-10-12(2)9-13(3)11-15;3-2(4,5)1(6)7/h9-11,14H,4-8H2,1-3H3,(H,17,19);(H,6,7). The first-order valence-corrected chi connectivity index (χ1v) is 9.26. The molecule has 29 heavy (non-hydrogen) atoms. The summed E-state index contributed by atoms with van der Waals surface area (Å²) in [6.07, 6.45) is -2.90. The molecular weight excluding hydrogens is 389 g/mol. The van der Waals surface area contributed by atoms with Gasteiger partial charge in [0.05, 0.1) is 6.54 Å². The van der Waals surface area contributed by atoms with Gasteiger partial charge < -0.3 is 15.3 Å². The molecule has 1 fully saturated rings. The maximum absolute atomic E-state index is 10.6. The monoisotopic (exact) mass is 414 g/mol. The van der Waals surface area contributed by atoms with Crippen molar-refractivity contribution in [1.29, 1.82) is 0 Å². The Bertz CT molecular complexity index is 796. The second-order valence-corrected chi connectivity index (χ2v) is 6.86. The summed E-state index contributed by atoms with van der Waals surface area (Å²) in [5.41, 5.74) is 4.00. The zero-order valence-electron chi connectivity index (χ0n) is 16.6. The topological polar surface area (TPSA) is 96.2 Å². The zero-order chi connectivity index (χ0) is 21.6. The van der Waals surface area contributed by atoms with Gasteiger partial charge in [0, 0.05) is 24.8 Å². The van der Waals surface area contributed by atoms with Gasteiger partial charge in [0.1, 0.15) is 0 Å². The summed E-state index contributed by atoms with van der Waals surface area (Å²) in [6.45, 7) is 9.19. The molecule has 3 rings (SSSR count). The number of nitrogens with zero attached hydrogens (tertiary/aromatic N) is 5. The number of halogens is 3. The van der Waals surface area contributed by atoms with Gasteiger partial charge in [-0.2, -0.15) is 18.0 Å². The fourth-order valence-electron chi connectivity index (χ4n) is 3.03. The predicted octanol–water partition coefficient (Wildman–Crippen LogP) is 3.02. The second-order valence-electron chi connectivity index (χ2n) is 6.86. The molecule has 2 aromatic rings. The number of hydrogen-bond donors (Lipinski definition) is 2. The van der Waals surface area contributed by atoms with Crippen LogP contribution in [0.15, 0.2) is 18.2 Å². The lowest BCUT2D eigenvalue weighted by atomic mass is 10.0. The SMILES string of the molecule is CCn1nnc(NC2CCN(c3cc(C)cc(C)c3)CC2)n1.O=C(O)C(F)(F)F. The Labute approximate surface area is 166 Å². The van der Waals surface area contributed by atoms with Crippen molar-refractivity contribution in [3.05, 3.63) is 29.3 Å². The molecule has 1 aliphatic rings. The van der Waals surface area contributed by atoms with Crippen LogP contribution in [0.4, 0.5) is 24.8 Å². The van der Waals surface area contributed by atoms with E-state index in [-0.39, 0.29) is 0 Å². The Balaban J connectivity index is 0.000000370. The van der Waals surface area contributed by atoms with Crippen molar-refractivity contribution >= 4 is 17.6 Å². The molecule has 2 heterocycles. The summed E-state index contributed by atoms with van der Waals surface area (Å²) in [6, 6.07) is 7.20. The average molecular weight is 414 g/mol. The number of hydrogen-bond acceptors (Lipinski definition) is 6. The lowest BCUT2D eigenvalue weighted by Crippen LogP contribution is -2.39. The van der Waals surface area contributed by atoms with E-state index in [1.165, 1.54) is 16.8 Å². The number of anilines is 2. The highest BCUT2D eigenvalue weighted by molar-refractivity contribution is 5.73. The first kappa shape index (κ1) is 22.4. The number of aromatic nitrogens is 4. The van der Waals surface area contributed by atoms with E-state index in [4.69, 9.17) is 9.90 Å². The fraction of sp³-hybridized carbons (Fsp3) is 0.556. The molecule has 8 nitrogen and oxygen atoms in total. The third kappa shape index (κ3) is 6.91. The molecule has 0 atom stereocenters. The van der Waals surface area contributed by atoms with Crippen molar-refractivity contribution in [2.75, 3.05) is 23.3 Å². The fourth-order valence-corrected chi connectivity index (χ4v) is 3.03. The molecule has 0 unspecified atom stereocenters. The molecule has 0 amide bonds. The maximum Gasteiger partial charge on any atom is 0.490 e. The zero-order valence-corrected chi connectivity index (χ0v) is 16.6. The van der Waals surface area contributed by atoms with E-state index in [0.29, 0.717) is 12.0 Å². The Morgan fingerprint density at radius 2 is 1.76 bits per heavy atom. The van der Waals surface area contributed by atoms with E-state index >= 15 is 0 Å². The van der Waals surface area contributed by atoms with Crippen LogP contribution >= 0.6 is 0 Å². The smallest absolute Gasteiger partial charge is 0.475 e. The minimum absolute atomic E-state index is 0.427. The van der Waals surface area contributed by atoms with Crippen LogP contribution in [-0.2, 0) is 11.3 Å². The minimum Gasteiger partial charge on any atom is -0.475 e. The number of tetrazole rings is 1. The van der Waals surface area contributed by atoms with E-state index in [1.807, 2.05) is 6.92 Å². The number of alkyl halides is 3. The molecule has 0 aliphatic carbocycles. The van der Waals surface area contributed by atoms with Crippen LogP contribution in [0.5, 0.6) is 0 Å². The first-order valence-electron chi connectivity index (χ1n) is 9.26. The Hall–Kier alpha value is -2.85. The lowest BCUT2D eigenvalue weighted by Gasteiger charge is -2.34. The second kappa shape index (κ2) is 9.57. The highest BCUT2D eigenvalue weighted by Crippen LogP contribution is 2.23. The highest BCUT2D eigenvalue weighted by Gasteiger charge is 2.38. The Morgan fingerprint density at radius 1 is 1.21 bits per heavy atom. The largest absolute Gasteiger partial charge is 0.490 e. The Kier molecular flexibility index (Phi) is 7.40. The predicted molar refractivity (Wildman–Crippen MR) is 102 cm³/mol. The number of carboxylic acids is 1. The Morgan fingerprint density at radius 3 is 2.21 bits per heavy atom. The van der Waals surface area contributed by atoms with Gasteiger partial charge in [-0.05, 0) is 62.1 Å². The summed E-state index contributed by atoms with van der Waals surface area (Å²) >= 11 is 0. The molecule has 0 spiro atoms. The van der Waals surface area contributed by atoms with Gasteiger partial charge in [-0.1, -0.05) is 11.2 Å². The van der Waals surface area contributed by atoms with E-state index in [2.05, 4.69) is 57.7 Å².